The van der Waals surface area contributed by atoms with E-state index in [1.165, 1.54) is 5.56 Å². The molecule has 0 saturated carbocycles. The van der Waals surface area contributed by atoms with E-state index in [2.05, 4.69) is 12.1 Å². The Kier molecular flexibility index (Phi) is 7.96. The topological polar surface area (TPSA) is 49.8 Å². The molecule has 0 unspecified atom stereocenters. The highest BCUT2D eigenvalue weighted by atomic mass is 16.6. The van der Waals surface area contributed by atoms with Crippen LogP contribution >= 0.6 is 0 Å². The van der Waals surface area contributed by atoms with Crippen LogP contribution in [-0.4, -0.2) is 41.4 Å². The predicted molar refractivity (Wildman–Crippen MR) is 88.9 cm³/mol. The summed E-state index contributed by atoms with van der Waals surface area (Å²) >= 11 is 0. The summed E-state index contributed by atoms with van der Waals surface area (Å²) in [6, 6.07) is 10.3. The van der Waals surface area contributed by atoms with Crippen molar-refractivity contribution in [2.45, 2.75) is 52.1 Å². The Bertz CT molecular complexity index is 426. The SMILES string of the molecule is CC(C)(C)OC(=O)N(CCCCO)CCCc1ccccc1. The number of hydrogen-bond acceptors (Lipinski definition) is 3. The lowest BCUT2D eigenvalue weighted by Gasteiger charge is -2.27. The summed E-state index contributed by atoms with van der Waals surface area (Å²) in [7, 11) is 0. The fourth-order valence-electron chi connectivity index (χ4n) is 2.15. The van der Waals surface area contributed by atoms with Crippen LogP contribution in [0.15, 0.2) is 30.3 Å². The van der Waals surface area contributed by atoms with Gasteiger partial charge in [-0.25, -0.2) is 4.79 Å². The summed E-state index contributed by atoms with van der Waals surface area (Å²) in [5.41, 5.74) is 0.799. The number of benzene rings is 1. The monoisotopic (exact) mass is 307 g/mol. The molecular weight excluding hydrogens is 278 g/mol. The number of amides is 1. The van der Waals surface area contributed by atoms with E-state index in [-0.39, 0.29) is 12.7 Å². The van der Waals surface area contributed by atoms with E-state index in [9.17, 15) is 4.79 Å². The van der Waals surface area contributed by atoms with Crippen molar-refractivity contribution in [3.8, 4) is 0 Å². The summed E-state index contributed by atoms with van der Waals surface area (Å²) < 4.78 is 5.46. The highest BCUT2D eigenvalue weighted by Gasteiger charge is 2.21. The van der Waals surface area contributed by atoms with Gasteiger partial charge in [0, 0.05) is 19.7 Å². The first-order valence-electron chi connectivity index (χ1n) is 8.05. The van der Waals surface area contributed by atoms with E-state index in [0.717, 1.165) is 19.3 Å². The van der Waals surface area contributed by atoms with Gasteiger partial charge in [-0.05, 0) is 52.0 Å². The number of rotatable bonds is 8. The van der Waals surface area contributed by atoms with Crippen molar-refractivity contribution in [2.24, 2.45) is 0 Å². The molecule has 124 valence electrons. The number of carbonyl (C=O) groups is 1. The van der Waals surface area contributed by atoms with Crippen molar-refractivity contribution in [3.63, 3.8) is 0 Å². The van der Waals surface area contributed by atoms with Crippen molar-refractivity contribution in [1.82, 2.24) is 4.90 Å². The van der Waals surface area contributed by atoms with Gasteiger partial charge < -0.3 is 14.7 Å². The summed E-state index contributed by atoms with van der Waals surface area (Å²) in [5, 5.41) is 8.89. The molecule has 0 aromatic heterocycles. The molecule has 1 aromatic rings. The Balaban J connectivity index is 2.48. The third-order valence-corrected chi connectivity index (χ3v) is 3.22. The first kappa shape index (κ1) is 18.5. The zero-order valence-electron chi connectivity index (χ0n) is 14.0. The normalized spacial score (nSPS) is 11.3. The summed E-state index contributed by atoms with van der Waals surface area (Å²) in [6.07, 6.45) is 3.08. The third kappa shape index (κ3) is 8.03. The number of ether oxygens (including phenoxy) is 1. The van der Waals surface area contributed by atoms with Gasteiger partial charge in [-0.3, -0.25) is 0 Å². The molecule has 1 amide bonds. The second-order valence-corrected chi connectivity index (χ2v) is 6.49. The van der Waals surface area contributed by atoms with Crippen LogP contribution in [0.2, 0.25) is 0 Å². The van der Waals surface area contributed by atoms with Gasteiger partial charge in [0.25, 0.3) is 0 Å². The van der Waals surface area contributed by atoms with Crippen LogP contribution in [0.1, 0.15) is 45.6 Å². The number of aryl methyl sites for hydroxylation is 1. The van der Waals surface area contributed by atoms with Gasteiger partial charge in [-0.2, -0.15) is 0 Å². The number of aliphatic hydroxyl groups excluding tert-OH is 1. The van der Waals surface area contributed by atoms with Gasteiger partial charge in [0.05, 0.1) is 0 Å². The first-order chi connectivity index (χ1) is 10.4. The molecule has 0 radical (unpaired) electrons. The van der Waals surface area contributed by atoms with Crippen LogP contribution in [0, 0.1) is 0 Å². The minimum atomic E-state index is -0.480. The lowest BCUT2D eigenvalue weighted by atomic mass is 10.1. The second-order valence-electron chi connectivity index (χ2n) is 6.49. The number of unbranched alkanes of at least 4 members (excludes halogenated alkanes) is 1. The molecule has 1 rings (SSSR count). The minimum Gasteiger partial charge on any atom is -0.444 e. The molecule has 0 aliphatic carbocycles. The lowest BCUT2D eigenvalue weighted by molar-refractivity contribution is 0.0242. The summed E-state index contributed by atoms with van der Waals surface area (Å²) in [4.78, 5) is 14.0. The van der Waals surface area contributed by atoms with Gasteiger partial charge in [0.1, 0.15) is 5.60 Å². The summed E-state index contributed by atoms with van der Waals surface area (Å²) in [6.45, 7) is 7.09. The van der Waals surface area contributed by atoms with Crippen molar-refractivity contribution < 1.29 is 14.6 Å². The molecule has 1 aromatic carbocycles. The van der Waals surface area contributed by atoms with Gasteiger partial charge in [0.2, 0.25) is 0 Å². The largest absolute Gasteiger partial charge is 0.444 e. The van der Waals surface area contributed by atoms with E-state index in [1.807, 2.05) is 39.0 Å². The molecule has 0 spiro atoms. The molecule has 0 fully saturated rings. The molecule has 0 bridgehead atoms. The van der Waals surface area contributed by atoms with Gasteiger partial charge in [-0.15, -0.1) is 0 Å². The molecule has 0 aliphatic rings. The third-order valence-electron chi connectivity index (χ3n) is 3.22. The highest BCUT2D eigenvalue weighted by molar-refractivity contribution is 5.68. The van der Waals surface area contributed by atoms with Crippen molar-refractivity contribution in [2.75, 3.05) is 19.7 Å². The Hall–Kier alpha value is -1.55. The maximum absolute atomic E-state index is 12.2. The Morgan fingerprint density at radius 1 is 1.09 bits per heavy atom. The molecule has 0 heterocycles. The highest BCUT2D eigenvalue weighted by Crippen LogP contribution is 2.12. The minimum absolute atomic E-state index is 0.159. The predicted octanol–water partition coefficient (Wildman–Crippen LogP) is 3.63. The second kappa shape index (κ2) is 9.46. The molecule has 22 heavy (non-hydrogen) atoms. The smallest absolute Gasteiger partial charge is 0.410 e. The van der Waals surface area contributed by atoms with E-state index in [0.29, 0.717) is 19.5 Å². The van der Waals surface area contributed by atoms with Gasteiger partial charge in [0.15, 0.2) is 0 Å². The van der Waals surface area contributed by atoms with Crippen LogP contribution in [0.3, 0.4) is 0 Å². The van der Waals surface area contributed by atoms with Crippen LogP contribution in [0.5, 0.6) is 0 Å². The van der Waals surface area contributed by atoms with E-state index in [1.54, 1.807) is 4.90 Å². The zero-order valence-corrected chi connectivity index (χ0v) is 14.0. The molecular formula is C18H29NO3. The van der Waals surface area contributed by atoms with E-state index >= 15 is 0 Å². The molecule has 1 N–H and O–H groups in total. The fraction of sp³-hybridized carbons (Fsp3) is 0.611. The molecule has 4 nitrogen and oxygen atoms in total. The zero-order chi connectivity index (χ0) is 16.4. The van der Waals surface area contributed by atoms with Crippen LogP contribution < -0.4 is 0 Å². The van der Waals surface area contributed by atoms with Crippen LogP contribution in [-0.2, 0) is 11.2 Å². The van der Waals surface area contributed by atoms with Gasteiger partial charge >= 0.3 is 6.09 Å². The summed E-state index contributed by atoms with van der Waals surface area (Å²) in [5.74, 6) is 0. The maximum atomic E-state index is 12.2. The van der Waals surface area contributed by atoms with Crippen LogP contribution in [0.25, 0.3) is 0 Å². The van der Waals surface area contributed by atoms with Crippen molar-refractivity contribution >= 4 is 6.09 Å². The molecule has 0 aliphatic heterocycles. The quantitative estimate of drug-likeness (QED) is 0.746. The standard InChI is InChI=1S/C18H29NO3/c1-18(2,3)22-17(21)19(13-7-8-15-20)14-9-12-16-10-5-4-6-11-16/h4-6,10-11,20H,7-9,12-15H2,1-3H3. The number of nitrogens with zero attached hydrogens (tertiary/aromatic N) is 1. The molecule has 0 atom stereocenters. The van der Waals surface area contributed by atoms with E-state index in [4.69, 9.17) is 9.84 Å². The first-order valence-corrected chi connectivity index (χ1v) is 8.05. The van der Waals surface area contributed by atoms with E-state index < -0.39 is 5.60 Å². The lowest BCUT2D eigenvalue weighted by Crippen LogP contribution is -2.38. The fourth-order valence-corrected chi connectivity index (χ4v) is 2.15. The molecule has 4 heteroatoms. The number of carbonyl (C=O) groups excluding carboxylic acids is 1. The number of aliphatic hydroxyl groups is 1. The molecule has 0 saturated heterocycles. The Morgan fingerprint density at radius 2 is 1.73 bits per heavy atom. The van der Waals surface area contributed by atoms with Crippen LogP contribution in [0.4, 0.5) is 4.79 Å². The average Bonchev–Trinajstić information content (AvgIpc) is 2.45. The number of hydrogen-bond donors (Lipinski definition) is 1. The van der Waals surface area contributed by atoms with Crippen molar-refractivity contribution in [3.05, 3.63) is 35.9 Å². The van der Waals surface area contributed by atoms with Gasteiger partial charge in [-0.1, -0.05) is 30.3 Å². The Labute approximate surface area is 134 Å². The van der Waals surface area contributed by atoms with Crippen molar-refractivity contribution in [1.29, 1.82) is 0 Å². The average molecular weight is 307 g/mol. The Morgan fingerprint density at radius 3 is 2.32 bits per heavy atom. The maximum Gasteiger partial charge on any atom is 0.410 e.